The molecule has 0 fully saturated rings. The molecule has 0 aliphatic carbocycles. The minimum atomic E-state index is -3.14. The van der Waals surface area contributed by atoms with Crippen LogP contribution < -0.4 is 76.8 Å². The van der Waals surface area contributed by atoms with E-state index in [1.54, 1.807) is 0 Å². The van der Waals surface area contributed by atoms with Gasteiger partial charge in [-0.1, -0.05) is 18.2 Å². The van der Waals surface area contributed by atoms with Crippen molar-refractivity contribution in [2.75, 3.05) is 6.66 Å². The molecular weight excluding hydrogens is 250 g/mol. The normalized spacial score (nSPS) is 14.0. The van der Waals surface area contributed by atoms with Gasteiger partial charge >= 0.3 is 56.6 Å². The Hall–Kier alpha value is 1.30. The van der Waals surface area contributed by atoms with E-state index in [0.29, 0.717) is 0 Å². The third-order valence-electron chi connectivity index (χ3n) is 1.31. The molecule has 11 heteroatoms. The predicted molar refractivity (Wildman–Crippen MR) is 46.4 cm³/mol. The number of hydrogen-bond donors (Lipinski definition) is 1. The van der Waals surface area contributed by atoms with Crippen molar-refractivity contribution in [2.45, 2.75) is 18.9 Å². The first-order chi connectivity index (χ1) is 6.22. The van der Waals surface area contributed by atoms with Crippen molar-refractivity contribution in [2.24, 2.45) is 0 Å². The fraction of sp³-hybridized carbons (Fsp3) is 0.667. The Labute approximate surface area is 141 Å². The molecule has 0 spiro atoms. The van der Waals surface area contributed by atoms with Gasteiger partial charge in [0.1, 0.15) is 0 Å². The summed E-state index contributed by atoms with van der Waals surface area (Å²) in [5, 5.41) is 22.6. The molecule has 0 aromatic carbocycles. The summed E-state index contributed by atoms with van der Waals surface area (Å²) in [4.78, 5) is 31.5. The third kappa shape index (κ3) is 17.3. The predicted octanol–water partition coefficient (Wildman–Crippen LogP) is -12.5. The van der Waals surface area contributed by atoms with E-state index in [1.165, 1.54) is 0 Å². The van der Waals surface area contributed by atoms with Crippen LogP contribution in [0.5, 0.6) is 0 Å². The van der Waals surface area contributed by atoms with Gasteiger partial charge in [0.05, 0.1) is 12.0 Å². The molecule has 0 heterocycles. The first-order valence-electron chi connectivity index (χ1n) is 3.69. The molecule has 17 heavy (non-hydrogen) atoms. The van der Waals surface area contributed by atoms with Crippen LogP contribution in [0.25, 0.3) is 0 Å². The topological polar surface area (TPSA) is 115 Å². The van der Waals surface area contributed by atoms with Gasteiger partial charge in [0, 0.05) is 5.97 Å². The molecule has 1 N–H and O–H groups in total. The number of nitrogens with one attached hydrogen (secondary N) is 1. The summed E-state index contributed by atoms with van der Waals surface area (Å²) in [7, 11) is 0. The van der Waals surface area contributed by atoms with Crippen LogP contribution in [0.15, 0.2) is 0 Å². The van der Waals surface area contributed by atoms with Crippen LogP contribution in [-0.4, -0.2) is 24.6 Å². The fourth-order valence-corrected chi connectivity index (χ4v) is 1.96. The maximum Gasteiger partial charge on any atom is 1.00 e. The molecule has 0 aliphatic heterocycles. The van der Waals surface area contributed by atoms with Crippen molar-refractivity contribution in [3.05, 3.63) is 0 Å². The molecule has 1 unspecified atom stereocenters. The second-order valence-corrected chi connectivity index (χ2v) is 6.80. The van der Waals surface area contributed by atoms with Gasteiger partial charge in [-0.2, -0.15) is 0 Å². The van der Waals surface area contributed by atoms with Gasteiger partial charge in [-0.3, -0.25) is 5.09 Å². The van der Waals surface area contributed by atoms with Crippen molar-refractivity contribution in [3.63, 3.8) is 0 Å². The zero-order valence-electron chi connectivity index (χ0n) is 10.4. The molecule has 0 saturated carbocycles. The first kappa shape index (κ1) is 26.8. The van der Waals surface area contributed by atoms with Gasteiger partial charge in [0.2, 0.25) is 0 Å². The third-order valence-corrected chi connectivity index (χ3v) is 2.41. The number of hydrogen-bond acceptors (Lipinski definition) is 6. The Morgan fingerprint density at radius 3 is 1.94 bits per heavy atom. The molecule has 0 aliphatic rings. The van der Waals surface area contributed by atoms with Crippen LogP contribution in [0.4, 0.5) is 0 Å². The Morgan fingerprint density at radius 2 is 1.71 bits per heavy atom. The van der Waals surface area contributed by atoms with E-state index in [-0.39, 0.29) is 63.0 Å². The molecule has 0 aromatic rings. The van der Waals surface area contributed by atoms with Gasteiger partial charge in [-0.25, -0.2) is 0 Å². The molecule has 0 aromatic heterocycles. The van der Waals surface area contributed by atoms with Crippen LogP contribution in [-0.2, 0) is 21.4 Å². The summed E-state index contributed by atoms with van der Waals surface area (Å²) in [6.45, 7) is 1.16. The number of aliphatic carboxylic acids is 2. The Bertz CT molecular complexity index is 287. The summed E-state index contributed by atoms with van der Waals surface area (Å²) < 4.78 is 0. The van der Waals surface area contributed by atoms with E-state index in [0.717, 1.165) is 6.66 Å². The summed E-state index contributed by atoms with van der Waals surface area (Å²) in [5.74, 6) is -2.91. The van der Waals surface area contributed by atoms with Gasteiger partial charge in [0.15, 0.2) is 0 Å². The monoisotopic (exact) mass is 259 g/mol. The Morgan fingerprint density at radius 1 is 1.29 bits per heavy atom. The molecule has 0 amide bonds. The van der Waals surface area contributed by atoms with Crippen LogP contribution in [0.1, 0.15) is 12.8 Å². The maximum absolute atomic E-state index is 11.0. The molecule has 0 radical (unpaired) electrons. The second-order valence-electron chi connectivity index (χ2n) is 2.76. The van der Waals surface area contributed by atoms with E-state index >= 15 is 0 Å². The summed E-state index contributed by atoms with van der Waals surface area (Å²) in [5.41, 5.74) is 0. The van der Waals surface area contributed by atoms with Crippen LogP contribution in [0.3, 0.4) is 0 Å². The van der Waals surface area contributed by atoms with Gasteiger partial charge in [-0.05, 0) is 19.5 Å². The minimum Gasteiger partial charge on any atom is -0.810 e. The largest absolute Gasteiger partial charge is 1.00 e. The number of carbonyl (C=O) groups is 2. The van der Waals surface area contributed by atoms with Gasteiger partial charge in [-0.15, -0.1) is 0 Å². The molecule has 82 valence electrons. The number of carboxylic acid groups (broad SMARTS) is 2. The SMILES string of the molecule is CP([O-])(=S)N[C@@H](CCC(=O)[O-])C(=O)[O-].[Li+].[Li+].[Li+]. The molecule has 0 bridgehead atoms. The standard InChI is InChI=1S/C6H12NO5PS.3Li/c1-13(12,14)7-4(6(10)11)2-3-5(8)9;;;/h4H,2-3H2,1H3,(H,8,9)(H,10,11)(H2,7,12,14);;;/q;3*+1/p-3/t4-,13?;;;/m0.../s1. The quantitative estimate of drug-likeness (QED) is 0.372. The smallest absolute Gasteiger partial charge is 0.810 e. The molecule has 6 nitrogen and oxygen atoms in total. The van der Waals surface area contributed by atoms with Crippen molar-refractivity contribution in [1.82, 2.24) is 5.09 Å². The fourth-order valence-electron chi connectivity index (χ4n) is 0.780. The number of carboxylic acids is 2. The van der Waals surface area contributed by atoms with Crippen molar-refractivity contribution < 1.29 is 81.3 Å². The first-order valence-corrected chi connectivity index (χ1v) is 6.86. The van der Waals surface area contributed by atoms with Crippen molar-refractivity contribution in [1.29, 1.82) is 0 Å². The molecule has 0 rings (SSSR count). The zero-order valence-corrected chi connectivity index (χ0v) is 12.1. The summed E-state index contributed by atoms with van der Waals surface area (Å²) in [6, 6.07) is -1.32. The second kappa shape index (κ2) is 12.3. The van der Waals surface area contributed by atoms with Crippen LogP contribution >= 0.6 is 6.42 Å². The van der Waals surface area contributed by atoms with Crippen molar-refractivity contribution >= 4 is 30.2 Å². The zero-order chi connectivity index (χ0) is 11.4. The van der Waals surface area contributed by atoms with Gasteiger partial charge in [0.25, 0.3) is 0 Å². The minimum absolute atomic E-state index is 0. The molecule has 0 saturated heterocycles. The molecular formula is C6H9Li3NO5PS. The maximum atomic E-state index is 11.0. The average molecular weight is 259 g/mol. The van der Waals surface area contributed by atoms with E-state index in [9.17, 15) is 24.7 Å². The number of rotatable bonds is 6. The Balaban J connectivity index is -0.000000282. The molecule has 2 atom stereocenters. The summed E-state index contributed by atoms with van der Waals surface area (Å²) >= 11 is 4.45. The van der Waals surface area contributed by atoms with Crippen LogP contribution in [0.2, 0.25) is 0 Å². The van der Waals surface area contributed by atoms with E-state index in [4.69, 9.17) is 0 Å². The van der Waals surface area contributed by atoms with E-state index in [2.05, 4.69) is 16.9 Å². The summed E-state index contributed by atoms with van der Waals surface area (Å²) in [6.07, 6.45) is -3.86. The van der Waals surface area contributed by atoms with E-state index in [1.807, 2.05) is 0 Å². The van der Waals surface area contributed by atoms with E-state index < -0.39 is 30.8 Å². The van der Waals surface area contributed by atoms with Crippen LogP contribution in [0, 0.1) is 0 Å². The van der Waals surface area contributed by atoms with Crippen molar-refractivity contribution in [3.8, 4) is 0 Å². The Kier molecular flexibility index (Phi) is 19.4. The average Bonchev–Trinajstić information content (AvgIpc) is 1.94. The number of carbonyl (C=O) groups excluding carboxylic acids is 2. The van der Waals surface area contributed by atoms with Gasteiger partial charge < -0.3 is 24.7 Å².